The lowest BCUT2D eigenvalue weighted by atomic mass is 9.77. The number of anilines is 1. The molecule has 0 unspecified atom stereocenters. The minimum atomic E-state index is -0.565. The maximum atomic E-state index is 9.90. The van der Waals surface area contributed by atoms with Crippen LogP contribution in [0.3, 0.4) is 0 Å². The van der Waals surface area contributed by atoms with Crippen LogP contribution in [0.1, 0.15) is 19.8 Å². The Hall–Kier alpha value is -2.17. The average molecular weight is 340 g/mol. The first-order valence-electron chi connectivity index (χ1n) is 8.02. The maximum absolute atomic E-state index is 9.90. The molecule has 1 aliphatic carbocycles. The molecule has 4 nitrogen and oxygen atoms in total. The Morgan fingerprint density at radius 3 is 2.38 bits per heavy atom. The van der Waals surface area contributed by atoms with Gasteiger partial charge in [-0.25, -0.2) is 0 Å². The number of fused-ring (bicyclic) bond motifs is 1. The number of nitrogens with zero attached hydrogens (tertiary/aromatic N) is 2. The van der Waals surface area contributed by atoms with E-state index in [1.807, 2.05) is 49.4 Å². The van der Waals surface area contributed by atoms with Crippen molar-refractivity contribution in [3.8, 4) is 11.3 Å². The predicted molar refractivity (Wildman–Crippen MR) is 97.3 cm³/mol. The summed E-state index contributed by atoms with van der Waals surface area (Å²) in [6, 6.07) is 16.0. The Morgan fingerprint density at radius 2 is 1.71 bits per heavy atom. The molecule has 1 aliphatic rings. The van der Waals surface area contributed by atoms with E-state index in [4.69, 9.17) is 11.6 Å². The van der Waals surface area contributed by atoms with Gasteiger partial charge in [0.15, 0.2) is 5.82 Å². The lowest BCUT2D eigenvalue weighted by molar-refractivity contribution is -0.0235. The molecule has 0 radical (unpaired) electrons. The Morgan fingerprint density at radius 1 is 1.04 bits per heavy atom. The second-order valence-corrected chi connectivity index (χ2v) is 7.13. The van der Waals surface area contributed by atoms with E-state index in [2.05, 4.69) is 21.6 Å². The Labute approximate surface area is 145 Å². The van der Waals surface area contributed by atoms with Crippen LogP contribution in [-0.4, -0.2) is 26.9 Å². The summed E-state index contributed by atoms with van der Waals surface area (Å²) in [5.41, 5.74) is 1.26. The highest BCUT2D eigenvalue weighted by Crippen LogP contribution is 2.36. The van der Waals surface area contributed by atoms with E-state index < -0.39 is 5.60 Å². The molecule has 1 saturated carbocycles. The highest BCUT2D eigenvalue weighted by Gasteiger charge is 2.38. The van der Waals surface area contributed by atoms with Gasteiger partial charge in [-0.05, 0) is 31.9 Å². The van der Waals surface area contributed by atoms with Crippen LogP contribution in [0.4, 0.5) is 5.82 Å². The largest absolute Gasteiger partial charge is 0.390 e. The van der Waals surface area contributed by atoms with Crippen molar-refractivity contribution in [1.82, 2.24) is 10.2 Å². The zero-order valence-corrected chi connectivity index (χ0v) is 14.1. The topological polar surface area (TPSA) is 58.0 Å². The van der Waals surface area contributed by atoms with Crippen molar-refractivity contribution >= 4 is 28.2 Å². The summed E-state index contributed by atoms with van der Waals surface area (Å²) in [6.07, 6.45) is 1.45. The van der Waals surface area contributed by atoms with Gasteiger partial charge in [-0.15, -0.1) is 10.2 Å². The first-order chi connectivity index (χ1) is 11.5. The number of hydrogen-bond donors (Lipinski definition) is 2. The molecule has 2 N–H and O–H groups in total. The van der Waals surface area contributed by atoms with Crippen LogP contribution in [0, 0.1) is 0 Å². The van der Waals surface area contributed by atoms with E-state index in [1.165, 1.54) is 0 Å². The van der Waals surface area contributed by atoms with Gasteiger partial charge in [0.1, 0.15) is 5.69 Å². The molecule has 24 heavy (non-hydrogen) atoms. The van der Waals surface area contributed by atoms with E-state index in [0.717, 1.165) is 40.7 Å². The van der Waals surface area contributed by atoms with Gasteiger partial charge in [-0.2, -0.15) is 0 Å². The third kappa shape index (κ3) is 2.83. The predicted octanol–water partition coefficient (Wildman–Crippen LogP) is 4.28. The van der Waals surface area contributed by atoms with Crippen molar-refractivity contribution in [2.24, 2.45) is 0 Å². The first-order valence-corrected chi connectivity index (χ1v) is 8.40. The third-order valence-electron chi connectivity index (χ3n) is 4.52. The van der Waals surface area contributed by atoms with E-state index in [-0.39, 0.29) is 6.04 Å². The monoisotopic (exact) mass is 339 g/mol. The van der Waals surface area contributed by atoms with Crippen molar-refractivity contribution in [1.29, 1.82) is 0 Å². The SMILES string of the molecule is CC1(O)CC(Nc2nnc(-c3ccc(Cl)cc3)c3ccccc23)C1. The van der Waals surface area contributed by atoms with Gasteiger partial charge in [0.05, 0.1) is 5.60 Å². The van der Waals surface area contributed by atoms with Crippen LogP contribution in [0.2, 0.25) is 5.02 Å². The average Bonchev–Trinajstić information content (AvgIpc) is 2.54. The minimum absolute atomic E-state index is 0.235. The second-order valence-electron chi connectivity index (χ2n) is 6.70. The Balaban J connectivity index is 1.73. The van der Waals surface area contributed by atoms with Gasteiger partial charge in [0.25, 0.3) is 0 Å². The lowest BCUT2D eigenvalue weighted by Crippen LogP contribution is -2.48. The maximum Gasteiger partial charge on any atom is 0.156 e. The molecular weight excluding hydrogens is 322 g/mol. The zero-order chi connectivity index (χ0) is 16.7. The van der Waals surface area contributed by atoms with Gasteiger partial charge in [-0.3, -0.25) is 0 Å². The smallest absolute Gasteiger partial charge is 0.156 e. The number of nitrogens with one attached hydrogen (secondary N) is 1. The summed E-state index contributed by atoms with van der Waals surface area (Å²) in [5.74, 6) is 0.767. The van der Waals surface area contributed by atoms with Crippen LogP contribution in [0.5, 0.6) is 0 Å². The van der Waals surface area contributed by atoms with Crippen LogP contribution in [-0.2, 0) is 0 Å². The molecule has 2 aromatic carbocycles. The van der Waals surface area contributed by atoms with Crippen molar-refractivity contribution in [3.05, 3.63) is 53.6 Å². The molecule has 1 fully saturated rings. The summed E-state index contributed by atoms with van der Waals surface area (Å²) in [5, 5.41) is 24.9. The standard InChI is InChI=1S/C19H18ClN3O/c1-19(24)10-14(11-19)21-18-16-5-3-2-4-15(16)17(22-23-18)12-6-8-13(20)9-7-12/h2-9,14,24H,10-11H2,1H3,(H,21,23). The van der Waals surface area contributed by atoms with E-state index >= 15 is 0 Å². The number of aromatic nitrogens is 2. The molecule has 0 bridgehead atoms. The number of benzene rings is 2. The molecule has 0 amide bonds. The molecule has 0 spiro atoms. The van der Waals surface area contributed by atoms with E-state index in [0.29, 0.717) is 5.02 Å². The van der Waals surface area contributed by atoms with Gasteiger partial charge in [0.2, 0.25) is 0 Å². The van der Waals surface area contributed by atoms with Crippen LogP contribution in [0.15, 0.2) is 48.5 Å². The third-order valence-corrected chi connectivity index (χ3v) is 4.77. The Bertz CT molecular complexity index is 885. The van der Waals surface area contributed by atoms with Gasteiger partial charge < -0.3 is 10.4 Å². The molecule has 1 heterocycles. The van der Waals surface area contributed by atoms with Crippen molar-refractivity contribution in [2.45, 2.75) is 31.4 Å². The minimum Gasteiger partial charge on any atom is -0.390 e. The highest BCUT2D eigenvalue weighted by molar-refractivity contribution is 6.30. The fourth-order valence-corrected chi connectivity index (χ4v) is 3.45. The number of rotatable bonds is 3. The first kappa shape index (κ1) is 15.4. The lowest BCUT2D eigenvalue weighted by Gasteiger charge is -2.41. The normalized spacial score (nSPS) is 23.0. The summed E-state index contributed by atoms with van der Waals surface area (Å²) < 4.78 is 0. The van der Waals surface area contributed by atoms with Crippen molar-refractivity contribution in [2.75, 3.05) is 5.32 Å². The number of hydrogen-bond acceptors (Lipinski definition) is 4. The molecule has 5 heteroatoms. The summed E-state index contributed by atoms with van der Waals surface area (Å²) in [7, 11) is 0. The number of halogens is 1. The number of aliphatic hydroxyl groups is 1. The molecule has 1 aromatic heterocycles. The van der Waals surface area contributed by atoms with E-state index in [1.54, 1.807) is 0 Å². The molecular formula is C19H18ClN3O. The van der Waals surface area contributed by atoms with Crippen LogP contribution in [0.25, 0.3) is 22.0 Å². The van der Waals surface area contributed by atoms with Gasteiger partial charge in [-0.1, -0.05) is 48.0 Å². The van der Waals surface area contributed by atoms with Crippen LogP contribution < -0.4 is 5.32 Å². The van der Waals surface area contributed by atoms with Crippen molar-refractivity contribution in [3.63, 3.8) is 0 Å². The van der Waals surface area contributed by atoms with Gasteiger partial charge >= 0.3 is 0 Å². The molecule has 4 rings (SSSR count). The Kier molecular flexibility index (Phi) is 3.66. The second kappa shape index (κ2) is 5.72. The molecule has 3 aromatic rings. The molecule has 0 atom stereocenters. The van der Waals surface area contributed by atoms with E-state index in [9.17, 15) is 5.11 Å². The highest BCUT2D eigenvalue weighted by atomic mass is 35.5. The summed E-state index contributed by atoms with van der Waals surface area (Å²) in [4.78, 5) is 0. The molecule has 0 aliphatic heterocycles. The quantitative estimate of drug-likeness (QED) is 0.748. The van der Waals surface area contributed by atoms with Gasteiger partial charge in [0, 0.05) is 27.4 Å². The molecule has 0 saturated heterocycles. The summed E-state index contributed by atoms with van der Waals surface area (Å²) >= 11 is 5.98. The fraction of sp³-hybridized carbons (Fsp3) is 0.263. The summed E-state index contributed by atoms with van der Waals surface area (Å²) in [6.45, 7) is 1.86. The van der Waals surface area contributed by atoms with Crippen molar-refractivity contribution < 1.29 is 5.11 Å². The van der Waals surface area contributed by atoms with Crippen LogP contribution >= 0.6 is 11.6 Å². The zero-order valence-electron chi connectivity index (χ0n) is 13.3. The molecule has 122 valence electrons. The fourth-order valence-electron chi connectivity index (χ4n) is 3.33.